The number of carbonyl (C=O) groups is 1. The fourth-order valence-corrected chi connectivity index (χ4v) is 3.55. The number of carbonyl (C=O) groups excluding carboxylic acids is 1. The summed E-state index contributed by atoms with van der Waals surface area (Å²) in [6.45, 7) is 5.76. The number of aryl methyl sites for hydroxylation is 1. The number of piperidine rings is 1. The van der Waals surface area contributed by atoms with Gasteiger partial charge in [-0.15, -0.1) is 5.10 Å². The molecule has 1 amide bonds. The topological polar surface area (TPSA) is 70.6 Å². The number of likely N-dealkylation sites (N-methyl/N-ethyl adjacent to an activating group) is 1. The number of ether oxygens (including phenoxy) is 1. The molecule has 0 saturated carbocycles. The van der Waals surface area contributed by atoms with Crippen molar-refractivity contribution in [2.45, 2.75) is 44.7 Å². The summed E-state index contributed by atoms with van der Waals surface area (Å²) < 4.78 is 5.34. The minimum Gasteiger partial charge on any atom is -0.381 e. The molecule has 138 valence electrons. The third kappa shape index (κ3) is 5.12. The summed E-state index contributed by atoms with van der Waals surface area (Å²) >= 11 is 0. The molecule has 0 radical (unpaired) electrons. The van der Waals surface area contributed by atoms with E-state index in [4.69, 9.17) is 4.74 Å². The van der Waals surface area contributed by atoms with Crippen LogP contribution in [-0.4, -0.2) is 73.0 Å². The van der Waals surface area contributed by atoms with Crippen molar-refractivity contribution in [3.05, 3.63) is 17.8 Å². The van der Waals surface area contributed by atoms with Crippen LogP contribution in [0, 0.1) is 6.92 Å². The van der Waals surface area contributed by atoms with Gasteiger partial charge in [-0.25, -0.2) is 0 Å². The van der Waals surface area contributed by atoms with Crippen LogP contribution < -0.4 is 10.2 Å². The first-order valence-corrected chi connectivity index (χ1v) is 9.24. The third-order valence-corrected chi connectivity index (χ3v) is 5.11. The number of rotatable bonds is 5. The first kappa shape index (κ1) is 18.1. The second kappa shape index (κ2) is 8.58. The molecule has 1 aromatic heterocycles. The van der Waals surface area contributed by atoms with Crippen LogP contribution in [-0.2, 0) is 9.53 Å². The zero-order valence-electron chi connectivity index (χ0n) is 15.3. The number of hydrogen-bond donors (Lipinski definition) is 1. The molecule has 0 bridgehead atoms. The number of anilines is 1. The van der Waals surface area contributed by atoms with Gasteiger partial charge in [-0.2, -0.15) is 5.10 Å². The van der Waals surface area contributed by atoms with Gasteiger partial charge in [0.25, 0.3) is 0 Å². The number of hydrogen-bond acceptors (Lipinski definition) is 6. The highest BCUT2D eigenvalue weighted by atomic mass is 16.5. The highest BCUT2D eigenvalue weighted by molar-refractivity contribution is 5.78. The van der Waals surface area contributed by atoms with Gasteiger partial charge in [0.2, 0.25) is 5.91 Å². The molecule has 1 aromatic rings. The van der Waals surface area contributed by atoms with Gasteiger partial charge >= 0.3 is 0 Å². The molecule has 1 N–H and O–H groups in total. The lowest BCUT2D eigenvalue weighted by molar-refractivity contribution is -0.123. The van der Waals surface area contributed by atoms with Crippen LogP contribution in [0.25, 0.3) is 0 Å². The predicted molar refractivity (Wildman–Crippen MR) is 96.6 cm³/mol. The van der Waals surface area contributed by atoms with Gasteiger partial charge in [0.1, 0.15) is 0 Å². The van der Waals surface area contributed by atoms with Gasteiger partial charge in [0, 0.05) is 38.4 Å². The Balaban J connectivity index is 1.50. The Bertz CT molecular complexity index is 559. The lowest BCUT2D eigenvalue weighted by atomic mass is 10.0. The fraction of sp³-hybridized carbons (Fsp3) is 0.722. The molecule has 7 heteroatoms. The molecule has 0 spiro atoms. The van der Waals surface area contributed by atoms with E-state index in [1.54, 1.807) is 0 Å². The Morgan fingerprint density at radius 3 is 2.84 bits per heavy atom. The van der Waals surface area contributed by atoms with E-state index < -0.39 is 0 Å². The molecule has 25 heavy (non-hydrogen) atoms. The molecule has 3 rings (SSSR count). The molecule has 1 atom stereocenters. The second-order valence-electron chi connectivity index (χ2n) is 7.14. The minimum atomic E-state index is 0.113. The first-order chi connectivity index (χ1) is 12.1. The molecule has 7 nitrogen and oxygen atoms in total. The van der Waals surface area contributed by atoms with Gasteiger partial charge in [0.15, 0.2) is 5.82 Å². The Morgan fingerprint density at radius 1 is 1.32 bits per heavy atom. The molecule has 0 aliphatic carbocycles. The van der Waals surface area contributed by atoms with Crippen LogP contribution in [0.2, 0.25) is 0 Å². The second-order valence-corrected chi connectivity index (χ2v) is 7.14. The number of nitrogens with one attached hydrogen (secondary N) is 1. The van der Waals surface area contributed by atoms with Crippen LogP contribution in [0.1, 0.15) is 31.4 Å². The number of aromatic nitrogens is 2. The zero-order chi connectivity index (χ0) is 17.6. The minimum absolute atomic E-state index is 0.113. The average Bonchev–Trinajstić information content (AvgIpc) is 2.63. The molecule has 3 heterocycles. The van der Waals surface area contributed by atoms with Crippen LogP contribution >= 0.6 is 0 Å². The quantitative estimate of drug-likeness (QED) is 0.856. The summed E-state index contributed by atoms with van der Waals surface area (Å²) in [5, 5.41) is 11.6. The third-order valence-electron chi connectivity index (χ3n) is 5.11. The summed E-state index contributed by atoms with van der Waals surface area (Å²) in [5.74, 6) is 1.04. The van der Waals surface area contributed by atoms with Gasteiger partial charge in [-0.1, -0.05) is 0 Å². The molecule has 2 aliphatic rings. The van der Waals surface area contributed by atoms with Crippen LogP contribution in [0.5, 0.6) is 0 Å². The van der Waals surface area contributed by atoms with Crippen molar-refractivity contribution in [2.75, 3.05) is 44.8 Å². The van der Waals surface area contributed by atoms with E-state index in [2.05, 4.69) is 25.3 Å². The van der Waals surface area contributed by atoms with Crippen molar-refractivity contribution in [1.29, 1.82) is 0 Å². The molecule has 2 saturated heterocycles. The van der Waals surface area contributed by atoms with Crippen molar-refractivity contribution < 1.29 is 9.53 Å². The van der Waals surface area contributed by atoms with Gasteiger partial charge in [-0.3, -0.25) is 9.69 Å². The van der Waals surface area contributed by atoms with Crippen LogP contribution in [0.3, 0.4) is 0 Å². The summed E-state index contributed by atoms with van der Waals surface area (Å²) in [6.07, 6.45) is 4.04. The lowest BCUT2D eigenvalue weighted by Gasteiger charge is -2.38. The van der Waals surface area contributed by atoms with Crippen molar-refractivity contribution in [3.8, 4) is 0 Å². The molecule has 0 aromatic carbocycles. The van der Waals surface area contributed by atoms with Gasteiger partial charge < -0.3 is 15.0 Å². The SMILES string of the molecule is Cc1ccc(N2CCCC(N(C)CC(=O)NC3CCOCC3)C2)nn1. The van der Waals surface area contributed by atoms with E-state index in [9.17, 15) is 4.79 Å². The summed E-state index contributed by atoms with van der Waals surface area (Å²) in [5.41, 5.74) is 0.930. The Kier molecular flexibility index (Phi) is 6.20. The standard InChI is InChI=1S/C18H29N5O2/c1-14-5-6-17(21-20-14)23-9-3-4-16(12-23)22(2)13-18(24)19-15-7-10-25-11-8-15/h5-6,15-16H,3-4,7-13H2,1-2H3,(H,19,24). The van der Waals surface area contributed by atoms with Crippen molar-refractivity contribution in [3.63, 3.8) is 0 Å². The number of nitrogens with zero attached hydrogens (tertiary/aromatic N) is 4. The van der Waals surface area contributed by atoms with Crippen molar-refractivity contribution in [1.82, 2.24) is 20.4 Å². The fourth-order valence-electron chi connectivity index (χ4n) is 3.55. The van der Waals surface area contributed by atoms with E-state index in [1.807, 2.05) is 26.1 Å². The Hall–Kier alpha value is -1.73. The van der Waals surface area contributed by atoms with Crippen molar-refractivity contribution >= 4 is 11.7 Å². The molecule has 2 fully saturated rings. The molecule has 2 aliphatic heterocycles. The predicted octanol–water partition coefficient (Wildman–Crippen LogP) is 0.981. The van der Waals surface area contributed by atoms with E-state index in [0.29, 0.717) is 12.6 Å². The maximum absolute atomic E-state index is 12.3. The summed E-state index contributed by atoms with van der Waals surface area (Å²) in [4.78, 5) is 16.8. The average molecular weight is 347 g/mol. The summed E-state index contributed by atoms with van der Waals surface area (Å²) in [6, 6.07) is 4.65. The van der Waals surface area contributed by atoms with E-state index in [0.717, 1.165) is 63.5 Å². The van der Waals surface area contributed by atoms with Gasteiger partial charge in [0.05, 0.1) is 12.2 Å². The maximum Gasteiger partial charge on any atom is 0.234 e. The van der Waals surface area contributed by atoms with E-state index in [-0.39, 0.29) is 11.9 Å². The van der Waals surface area contributed by atoms with E-state index in [1.165, 1.54) is 0 Å². The Labute approximate surface area is 149 Å². The van der Waals surface area contributed by atoms with Crippen molar-refractivity contribution in [2.24, 2.45) is 0 Å². The Morgan fingerprint density at radius 2 is 2.12 bits per heavy atom. The zero-order valence-corrected chi connectivity index (χ0v) is 15.3. The largest absolute Gasteiger partial charge is 0.381 e. The van der Waals surface area contributed by atoms with Crippen LogP contribution in [0.15, 0.2) is 12.1 Å². The highest BCUT2D eigenvalue weighted by Gasteiger charge is 2.26. The van der Waals surface area contributed by atoms with E-state index >= 15 is 0 Å². The molecule has 1 unspecified atom stereocenters. The van der Waals surface area contributed by atoms with Crippen LogP contribution in [0.4, 0.5) is 5.82 Å². The molecular weight excluding hydrogens is 318 g/mol. The highest BCUT2D eigenvalue weighted by Crippen LogP contribution is 2.20. The number of amides is 1. The molecular formula is C18H29N5O2. The smallest absolute Gasteiger partial charge is 0.234 e. The normalized spacial score (nSPS) is 22.2. The lowest BCUT2D eigenvalue weighted by Crippen LogP contribution is -2.50. The maximum atomic E-state index is 12.3. The summed E-state index contributed by atoms with van der Waals surface area (Å²) in [7, 11) is 2.04. The van der Waals surface area contributed by atoms with Gasteiger partial charge in [-0.05, 0) is 51.8 Å². The first-order valence-electron chi connectivity index (χ1n) is 9.24. The monoisotopic (exact) mass is 347 g/mol.